The molecule has 4 nitrogen and oxygen atoms in total. The minimum absolute atomic E-state index is 0.329. The monoisotopic (exact) mass is 353 g/mol. The molecule has 0 saturated heterocycles. The van der Waals surface area contributed by atoms with Crippen LogP contribution < -0.4 is 11.2 Å². The van der Waals surface area contributed by atoms with Crippen molar-refractivity contribution in [3.8, 4) is 0 Å². The van der Waals surface area contributed by atoms with Crippen LogP contribution in [0, 0.1) is 6.92 Å². The molecule has 0 aliphatic rings. The van der Waals surface area contributed by atoms with Crippen LogP contribution in [0.15, 0.2) is 77.9 Å². The number of para-hydroxylation sites is 1. The quantitative estimate of drug-likeness (QED) is 0.244. The SMILES string of the molecule is Cc1c2ccccc2c(/C=N\NC(=O)c2ccccc2N)c2ccccc12. The van der Waals surface area contributed by atoms with E-state index in [1.807, 2.05) is 24.3 Å². The predicted molar refractivity (Wildman–Crippen MR) is 112 cm³/mol. The second kappa shape index (κ2) is 6.92. The Kier molecular flexibility index (Phi) is 4.30. The summed E-state index contributed by atoms with van der Waals surface area (Å²) < 4.78 is 0. The molecule has 132 valence electrons. The van der Waals surface area contributed by atoms with Crippen LogP contribution in [0.1, 0.15) is 21.5 Å². The summed E-state index contributed by atoms with van der Waals surface area (Å²) in [6, 6.07) is 23.4. The van der Waals surface area contributed by atoms with Crippen molar-refractivity contribution in [1.82, 2.24) is 5.43 Å². The number of hydrogen-bond acceptors (Lipinski definition) is 3. The van der Waals surface area contributed by atoms with Gasteiger partial charge in [-0.15, -0.1) is 0 Å². The first kappa shape index (κ1) is 16.8. The zero-order valence-electron chi connectivity index (χ0n) is 14.9. The van der Waals surface area contributed by atoms with Gasteiger partial charge in [0, 0.05) is 11.3 Å². The molecule has 0 spiro atoms. The fourth-order valence-electron chi connectivity index (χ4n) is 3.44. The van der Waals surface area contributed by atoms with Crippen molar-refractivity contribution in [1.29, 1.82) is 0 Å². The fraction of sp³-hybridized carbons (Fsp3) is 0.0435. The normalized spacial score (nSPS) is 11.3. The summed E-state index contributed by atoms with van der Waals surface area (Å²) in [5.41, 5.74) is 11.5. The molecule has 4 aromatic rings. The van der Waals surface area contributed by atoms with E-state index in [0.29, 0.717) is 11.3 Å². The molecule has 0 aromatic heterocycles. The van der Waals surface area contributed by atoms with Crippen molar-refractivity contribution >= 4 is 39.4 Å². The van der Waals surface area contributed by atoms with Gasteiger partial charge in [-0.05, 0) is 46.2 Å². The highest BCUT2D eigenvalue weighted by molar-refractivity contribution is 6.15. The Morgan fingerprint density at radius 3 is 1.96 bits per heavy atom. The van der Waals surface area contributed by atoms with Crippen molar-refractivity contribution in [2.45, 2.75) is 6.92 Å². The van der Waals surface area contributed by atoms with Crippen LogP contribution in [-0.2, 0) is 0 Å². The van der Waals surface area contributed by atoms with Crippen molar-refractivity contribution < 1.29 is 4.79 Å². The van der Waals surface area contributed by atoms with Crippen LogP contribution in [0.3, 0.4) is 0 Å². The molecule has 4 rings (SSSR count). The van der Waals surface area contributed by atoms with Crippen LogP contribution in [0.2, 0.25) is 0 Å². The maximum atomic E-state index is 12.3. The number of aryl methyl sites for hydroxylation is 1. The Morgan fingerprint density at radius 2 is 1.37 bits per heavy atom. The molecular formula is C23H19N3O. The fourth-order valence-corrected chi connectivity index (χ4v) is 3.44. The Labute approximate surface area is 157 Å². The van der Waals surface area contributed by atoms with Gasteiger partial charge in [-0.1, -0.05) is 60.7 Å². The molecule has 0 atom stereocenters. The van der Waals surface area contributed by atoms with Gasteiger partial charge < -0.3 is 5.73 Å². The van der Waals surface area contributed by atoms with Gasteiger partial charge in [0.2, 0.25) is 0 Å². The zero-order chi connectivity index (χ0) is 18.8. The number of amides is 1. The first-order valence-corrected chi connectivity index (χ1v) is 8.75. The lowest BCUT2D eigenvalue weighted by molar-refractivity contribution is 0.0956. The standard InChI is InChI=1S/C23H19N3O/c1-15-16-8-2-4-10-18(16)21(19-11-5-3-9-17(15)19)14-25-26-23(27)20-12-6-7-13-22(20)24/h2-14H,24H2,1H3,(H,26,27)/b25-14-. The number of carbonyl (C=O) groups excluding carboxylic acids is 1. The number of nitrogens with two attached hydrogens (primary N) is 1. The minimum Gasteiger partial charge on any atom is -0.398 e. The van der Waals surface area contributed by atoms with Gasteiger partial charge in [0.15, 0.2) is 0 Å². The maximum Gasteiger partial charge on any atom is 0.273 e. The summed E-state index contributed by atoms with van der Waals surface area (Å²) in [5.74, 6) is -0.329. The average Bonchev–Trinajstić information content (AvgIpc) is 2.71. The second-order valence-electron chi connectivity index (χ2n) is 6.42. The van der Waals surface area contributed by atoms with Gasteiger partial charge in [0.25, 0.3) is 5.91 Å². The average molecular weight is 353 g/mol. The molecule has 3 N–H and O–H groups in total. The summed E-state index contributed by atoms with van der Waals surface area (Å²) in [6.45, 7) is 2.13. The third-order valence-electron chi connectivity index (χ3n) is 4.81. The van der Waals surface area contributed by atoms with Crippen LogP contribution in [-0.4, -0.2) is 12.1 Å². The maximum absolute atomic E-state index is 12.3. The third-order valence-corrected chi connectivity index (χ3v) is 4.81. The molecule has 4 heteroatoms. The number of nitrogen functional groups attached to an aromatic ring is 1. The molecule has 0 aliphatic heterocycles. The summed E-state index contributed by atoms with van der Waals surface area (Å²) in [6.07, 6.45) is 1.71. The molecule has 0 heterocycles. The van der Waals surface area contributed by atoms with Crippen LogP contribution in [0.25, 0.3) is 21.5 Å². The predicted octanol–water partition coefficient (Wildman–Crippen LogP) is 4.65. The van der Waals surface area contributed by atoms with Crippen LogP contribution >= 0.6 is 0 Å². The Morgan fingerprint density at radius 1 is 0.852 bits per heavy atom. The number of carbonyl (C=O) groups is 1. The number of anilines is 1. The molecule has 27 heavy (non-hydrogen) atoms. The molecule has 0 saturated carbocycles. The summed E-state index contributed by atoms with van der Waals surface area (Å²) >= 11 is 0. The van der Waals surface area contributed by atoms with Gasteiger partial charge >= 0.3 is 0 Å². The Bertz CT molecular complexity index is 1140. The lowest BCUT2D eigenvalue weighted by atomic mass is 9.93. The number of hydrogen-bond donors (Lipinski definition) is 2. The lowest BCUT2D eigenvalue weighted by Crippen LogP contribution is -2.19. The van der Waals surface area contributed by atoms with E-state index in [1.54, 1.807) is 30.5 Å². The van der Waals surface area contributed by atoms with Gasteiger partial charge in [0.05, 0.1) is 11.8 Å². The zero-order valence-corrected chi connectivity index (χ0v) is 14.9. The molecule has 0 fully saturated rings. The molecule has 4 aromatic carbocycles. The number of benzene rings is 4. The molecule has 0 unspecified atom stereocenters. The van der Waals surface area contributed by atoms with Crippen LogP contribution in [0.4, 0.5) is 5.69 Å². The first-order chi connectivity index (χ1) is 13.2. The van der Waals surface area contributed by atoms with Crippen molar-refractivity contribution in [2.24, 2.45) is 5.10 Å². The van der Waals surface area contributed by atoms with Crippen LogP contribution in [0.5, 0.6) is 0 Å². The highest BCUT2D eigenvalue weighted by Crippen LogP contribution is 2.31. The van der Waals surface area contributed by atoms with E-state index < -0.39 is 0 Å². The Hall–Kier alpha value is -3.66. The number of nitrogens with one attached hydrogen (secondary N) is 1. The van der Waals surface area contributed by atoms with E-state index in [-0.39, 0.29) is 5.91 Å². The van der Waals surface area contributed by atoms with Crippen molar-refractivity contribution in [3.05, 3.63) is 89.5 Å². The highest BCUT2D eigenvalue weighted by atomic mass is 16.2. The van der Waals surface area contributed by atoms with Crippen molar-refractivity contribution in [3.63, 3.8) is 0 Å². The van der Waals surface area contributed by atoms with Gasteiger partial charge in [-0.2, -0.15) is 5.10 Å². The first-order valence-electron chi connectivity index (χ1n) is 8.75. The minimum atomic E-state index is -0.329. The van der Waals surface area contributed by atoms with E-state index >= 15 is 0 Å². The van der Waals surface area contributed by atoms with E-state index in [0.717, 1.165) is 16.3 Å². The summed E-state index contributed by atoms with van der Waals surface area (Å²) in [7, 11) is 0. The molecule has 1 amide bonds. The van der Waals surface area contributed by atoms with Gasteiger partial charge in [0.1, 0.15) is 0 Å². The van der Waals surface area contributed by atoms with E-state index in [9.17, 15) is 4.79 Å². The van der Waals surface area contributed by atoms with Crippen molar-refractivity contribution in [2.75, 3.05) is 5.73 Å². The van der Waals surface area contributed by atoms with E-state index in [1.165, 1.54) is 16.3 Å². The molecule has 0 bridgehead atoms. The number of fused-ring (bicyclic) bond motifs is 2. The van der Waals surface area contributed by atoms with Gasteiger partial charge in [-0.3, -0.25) is 4.79 Å². The van der Waals surface area contributed by atoms with E-state index in [2.05, 4.69) is 41.7 Å². The highest BCUT2D eigenvalue weighted by Gasteiger charge is 2.10. The third kappa shape index (κ3) is 3.02. The smallest absolute Gasteiger partial charge is 0.273 e. The molecule has 0 aliphatic carbocycles. The summed E-state index contributed by atoms with van der Waals surface area (Å²) in [5, 5.41) is 8.77. The number of hydrazone groups is 1. The Balaban J connectivity index is 1.77. The summed E-state index contributed by atoms with van der Waals surface area (Å²) in [4.78, 5) is 12.3. The number of rotatable bonds is 3. The second-order valence-corrected chi connectivity index (χ2v) is 6.42. The molecular weight excluding hydrogens is 334 g/mol. The van der Waals surface area contributed by atoms with Gasteiger partial charge in [-0.25, -0.2) is 5.43 Å². The lowest BCUT2D eigenvalue weighted by Gasteiger charge is -2.12. The largest absolute Gasteiger partial charge is 0.398 e. The van der Waals surface area contributed by atoms with E-state index in [4.69, 9.17) is 5.73 Å². The topological polar surface area (TPSA) is 67.5 Å². The number of nitrogens with zero attached hydrogens (tertiary/aromatic N) is 1. The molecule has 0 radical (unpaired) electrons.